The minimum absolute atomic E-state index is 0.114. The van der Waals surface area contributed by atoms with Gasteiger partial charge in [-0.15, -0.1) is 0 Å². The molecule has 0 aliphatic heterocycles. The van der Waals surface area contributed by atoms with Gasteiger partial charge in [-0.05, 0) is 38.9 Å². The molecule has 0 spiro atoms. The Kier molecular flexibility index (Phi) is 6.33. The maximum atomic E-state index is 8.98. The summed E-state index contributed by atoms with van der Waals surface area (Å²) < 4.78 is 0. The zero-order valence-corrected chi connectivity index (χ0v) is 12.0. The summed E-state index contributed by atoms with van der Waals surface area (Å²) in [5.41, 5.74) is 2.22. The van der Waals surface area contributed by atoms with Crippen LogP contribution < -0.4 is 5.32 Å². The molecule has 0 radical (unpaired) electrons. The Labute approximate surface area is 111 Å². The summed E-state index contributed by atoms with van der Waals surface area (Å²) in [4.78, 5) is 2.34. The average Bonchev–Trinajstić information content (AvgIpc) is 2.36. The SMILES string of the molecule is CC(CN(C)C(C)C)NCc1ccc(CO)cc1. The molecule has 0 aliphatic rings. The van der Waals surface area contributed by atoms with Crippen molar-refractivity contribution in [3.05, 3.63) is 35.4 Å². The van der Waals surface area contributed by atoms with E-state index in [1.54, 1.807) is 0 Å². The lowest BCUT2D eigenvalue weighted by Crippen LogP contribution is -2.39. The van der Waals surface area contributed by atoms with Crippen LogP contribution in [0.15, 0.2) is 24.3 Å². The fraction of sp³-hybridized carbons (Fsp3) is 0.600. The summed E-state index contributed by atoms with van der Waals surface area (Å²) in [6.07, 6.45) is 0. The van der Waals surface area contributed by atoms with Crippen molar-refractivity contribution in [2.75, 3.05) is 13.6 Å². The number of rotatable bonds is 7. The van der Waals surface area contributed by atoms with Crippen LogP contribution in [0.2, 0.25) is 0 Å². The highest BCUT2D eigenvalue weighted by Crippen LogP contribution is 2.04. The lowest BCUT2D eigenvalue weighted by molar-refractivity contribution is 0.246. The lowest BCUT2D eigenvalue weighted by Gasteiger charge is -2.25. The van der Waals surface area contributed by atoms with Crippen LogP contribution in [-0.4, -0.2) is 35.7 Å². The maximum Gasteiger partial charge on any atom is 0.0681 e. The van der Waals surface area contributed by atoms with Gasteiger partial charge in [0, 0.05) is 25.2 Å². The van der Waals surface area contributed by atoms with Gasteiger partial charge in [0.25, 0.3) is 0 Å². The van der Waals surface area contributed by atoms with E-state index in [2.05, 4.69) is 50.2 Å². The Morgan fingerprint density at radius 1 is 1.11 bits per heavy atom. The Morgan fingerprint density at radius 2 is 1.67 bits per heavy atom. The monoisotopic (exact) mass is 250 g/mol. The van der Waals surface area contributed by atoms with Gasteiger partial charge in [0.1, 0.15) is 0 Å². The summed E-state index contributed by atoms with van der Waals surface area (Å²) in [5, 5.41) is 12.5. The summed E-state index contributed by atoms with van der Waals surface area (Å²) in [7, 11) is 2.15. The van der Waals surface area contributed by atoms with Crippen molar-refractivity contribution in [2.24, 2.45) is 0 Å². The number of nitrogens with one attached hydrogen (secondary N) is 1. The fourth-order valence-electron chi connectivity index (χ4n) is 1.76. The Bertz CT molecular complexity index is 335. The van der Waals surface area contributed by atoms with Gasteiger partial charge < -0.3 is 15.3 Å². The van der Waals surface area contributed by atoms with Crippen molar-refractivity contribution in [3.63, 3.8) is 0 Å². The van der Waals surface area contributed by atoms with E-state index in [9.17, 15) is 0 Å². The molecule has 1 unspecified atom stereocenters. The van der Waals surface area contributed by atoms with E-state index >= 15 is 0 Å². The van der Waals surface area contributed by atoms with E-state index in [0.29, 0.717) is 12.1 Å². The molecule has 0 saturated carbocycles. The molecule has 3 heteroatoms. The second-order valence-electron chi connectivity index (χ2n) is 5.29. The molecular formula is C15H26N2O. The normalized spacial score (nSPS) is 13.3. The highest BCUT2D eigenvalue weighted by molar-refractivity contribution is 5.21. The number of benzene rings is 1. The minimum Gasteiger partial charge on any atom is -0.392 e. The predicted molar refractivity (Wildman–Crippen MR) is 76.4 cm³/mol. The molecule has 3 nitrogen and oxygen atoms in total. The quantitative estimate of drug-likeness (QED) is 0.777. The second-order valence-corrected chi connectivity index (χ2v) is 5.29. The van der Waals surface area contributed by atoms with Gasteiger partial charge in [-0.1, -0.05) is 24.3 Å². The molecule has 0 bridgehead atoms. The molecule has 0 heterocycles. The fourth-order valence-corrected chi connectivity index (χ4v) is 1.76. The van der Waals surface area contributed by atoms with Crippen LogP contribution in [0.3, 0.4) is 0 Å². The van der Waals surface area contributed by atoms with E-state index in [1.807, 2.05) is 12.1 Å². The third kappa shape index (κ3) is 5.17. The molecular weight excluding hydrogens is 224 g/mol. The topological polar surface area (TPSA) is 35.5 Å². The highest BCUT2D eigenvalue weighted by Gasteiger charge is 2.08. The molecule has 0 amide bonds. The number of hydrogen-bond donors (Lipinski definition) is 2. The van der Waals surface area contributed by atoms with Crippen LogP contribution in [0.5, 0.6) is 0 Å². The van der Waals surface area contributed by atoms with Crippen LogP contribution in [0.1, 0.15) is 31.9 Å². The molecule has 0 aromatic heterocycles. The molecule has 0 saturated heterocycles. The molecule has 1 atom stereocenters. The van der Waals surface area contributed by atoms with Gasteiger partial charge >= 0.3 is 0 Å². The molecule has 0 aliphatic carbocycles. The van der Waals surface area contributed by atoms with Crippen molar-refractivity contribution < 1.29 is 5.11 Å². The van der Waals surface area contributed by atoms with E-state index in [4.69, 9.17) is 5.11 Å². The van der Waals surface area contributed by atoms with E-state index in [-0.39, 0.29) is 6.61 Å². The van der Waals surface area contributed by atoms with Crippen LogP contribution in [0.4, 0.5) is 0 Å². The summed E-state index contributed by atoms with van der Waals surface area (Å²) in [6, 6.07) is 9.13. The molecule has 1 rings (SSSR count). The Balaban J connectivity index is 2.35. The van der Waals surface area contributed by atoms with Gasteiger partial charge in [0.2, 0.25) is 0 Å². The van der Waals surface area contributed by atoms with E-state index < -0.39 is 0 Å². The van der Waals surface area contributed by atoms with Crippen molar-refractivity contribution in [2.45, 2.75) is 46.0 Å². The van der Waals surface area contributed by atoms with Gasteiger partial charge in [-0.25, -0.2) is 0 Å². The first-order valence-electron chi connectivity index (χ1n) is 6.65. The number of aliphatic hydroxyl groups excluding tert-OH is 1. The van der Waals surface area contributed by atoms with E-state index in [1.165, 1.54) is 5.56 Å². The zero-order chi connectivity index (χ0) is 13.5. The molecule has 1 aromatic rings. The Morgan fingerprint density at radius 3 is 2.17 bits per heavy atom. The Hall–Kier alpha value is -0.900. The standard InChI is InChI=1S/C15H26N2O/c1-12(2)17(4)10-13(3)16-9-14-5-7-15(11-18)8-6-14/h5-8,12-13,16,18H,9-11H2,1-4H3. The van der Waals surface area contributed by atoms with Gasteiger partial charge in [-0.2, -0.15) is 0 Å². The number of likely N-dealkylation sites (N-methyl/N-ethyl adjacent to an activating group) is 1. The first kappa shape index (κ1) is 15.2. The average molecular weight is 250 g/mol. The molecule has 1 aromatic carbocycles. The molecule has 102 valence electrons. The van der Waals surface area contributed by atoms with Crippen LogP contribution >= 0.6 is 0 Å². The van der Waals surface area contributed by atoms with Crippen molar-refractivity contribution >= 4 is 0 Å². The van der Waals surface area contributed by atoms with Crippen LogP contribution in [0.25, 0.3) is 0 Å². The van der Waals surface area contributed by atoms with Gasteiger partial charge in [-0.3, -0.25) is 0 Å². The van der Waals surface area contributed by atoms with Gasteiger partial charge in [0.15, 0.2) is 0 Å². The largest absolute Gasteiger partial charge is 0.392 e. The zero-order valence-electron chi connectivity index (χ0n) is 12.0. The highest BCUT2D eigenvalue weighted by atomic mass is 16.3. The lowest BCUT2D eigenvalue weighted by atomic mass is 10.1. The van der Waals surface area contributed by atoms with Crippen molar-refractivity contribution in [3.8, 4) is 0 Å². The summed E-state index contributed by atoms with van der Waals surface area (Å²) in [5.74, 6) is 0. The summed E-state index contributed by atoms with van der Waals surface area (Å²) in [6.45, 7) is 8.66. The molecule has 18 heavy (non-hydrogen) atoms. The van der Waals surface area contributed by atoms with E-state index in [0.717, 1.165) is 18.7 Å². The van der Waals surface area contributed by atoms with Crippen molar-refractivity contribution in [1.29, 1.82) is 0 Å². The first-order chi connectivity index (χ1) is 8.52. The summed E-state index contributed by atoms with van der Waals surface area (Å²) >= 11 is 0. The third-order valence-electron chi connectivity index (χ3n) is 3.30. The first-order valence-corrected chi connectivity index (χ1v) is 6.65. The third-order valence-corrected chi connectivity index (χ3v) is 3.30. The predicted octanol–water partition coefficient (Wildman–Crippen LogP) is 2.00. The van der Waals surface area contributed by atoms with Crippen LogP contribution in [-0.2, 0) is 13.2 Å². The van der Waals surface area contributed by atoms with Gasteiger partial charge in [0.05, 0.1) is 6.61 Å². The smallest absolute Gasteiger partial charge is 0.0681 e. The molecule has 2 N–H and O–H groups in total. The van der Waals surface area contributed by atoms with Crippen molar-refractivity contribution in [1.82, 2.24) is 10.2 Å². The maximum absolute atomic E-state index is 8.98. The number of nitrogens with zero attached hydrogens (tertiary/aromatic N) is 1. The minimum atomic E-state index is 0.114. The van der Waals surface area contributed by atoms with Crippen LogP contribution in [0, 0.1) is 0 Å². The molecule has 0 fully saturated rings. The number of hydrogen-bond acceptors (Lipinski definition) is 3. The number of aliphatic hydroxyl groups is 1. The second kappa shape index (κ2) is 7.52.